The summed E-state index contributed by atoms with van der Waals surface area (Å²) < 4.78 is 1.51. The van der Waals surface area contributed by atoms with E-state index in [0.717, 1.165) is 5.56 Å². The number of nitrogens with zero attached hydrogens (tertiary/aromatic N) is 2. The van der Waals surface area contributed by atoms with Crippen LogP contribution in [0.2, 0.25) is 0 Å². The number of nitrogens with one attached hydrogen (secondary N) is 1. The number of nitrogens with two attached hydrogens (primary N) is 1. The summed E-state index contributed by atoms with van der Waals surface area (Å²) in [5.41, 5.74) is 7.39. The van der Waals surface area contributed by atoms with Gasteiger partial charge in [-0.05, 0) is 19.4 Å². The van der Waals surface area contributed by atoms with Gasteiger partial charge in [-0.1, -0.05) is 30.3 Å². The lowest BCUT2D eigenvalue weighted by Gasteiger charge is -2.15. The normalized spacial score (nSPS) is 12.0. The van der Waals surface area contributed by atoms with Gasteiger partial charge >= 0.3 is 0 Å². The van der Waals surface area contributed by atoms with E-state index in [4.69, 9.17) is 5.73 Å². The Hall–Kier alpha value is -2.63. The van der Waals surface area contributed by atoms with Crippen molar-refractivity contribution in [2.24, 2.45) is 5.73 Å². The lowest BCUT2D eigenvalue weighted by Crippen LogP contribution is -2.21. The number of hydrogen-bond acceptors (Lipinski definition) is 3. The van der Waals surface area contributed by atoms with E-state index in [2.05, 4.69) is 10.4 Å². The Morgan fingerprint density at radius 2 is 1.90 bits per heavy atom. The van der Waals surface area contributed by atoms with Gasteiger partial charge in [0, 0.05) is 12.6 Å². The molecule has 0 radical (unpaired) electrons. The molecule has 1 aromatic carbocycles. The molecule has 0 aliphatic carbocycles. The molecule has 21 heavy (non-hydrogen) atoms. The van der Waals surface area contributed by atoms with Crippen LogP contribution in [0.25, 0.3) is 0 Å². The number of primary amides is 1. The lowest BCUT2D eigenvalue weighted by molar-refractivity contribution is 0.0954. The second-order valence-corrected chi connectivity index (χ2v) is 4.80. The largest absolute Gasteiger partial charge is 0.364 e. The Labute approximate surface area is 122 Å². The number of rotatable bonds is 4. The Kier molecular flexibility index (Phi) is 4.07. The van der Waals surface area contributed by atoms with Crippen molar-refractivity contribution in [3.05, 3.63) is 52.8 Å². The van der Waals surface area contributed by atoms with E-state index in [1.165, 1.54) is 11.7 Å². The SMILES string of the molecule is CNC(=O)c1nn(C(C)c2ccccc2)c(C(N)=O)c1C. The van der Waals surface area contributed by atoms with Crippen molar-refractivity contribution in [3.8, 4) is 0 Å². The molecule has 0 saturated heterocycles. The number of carbonyl (C=O) groups excluding carboxylic acids is 2. The van der Waals surface area contributed by atoms with E-state index >= 15 is 0 Å². The van der Waals surface area contributed by atoms with Crippen LogP contribution in [0, 0.1) is 6.92 Å². The van der Waals surface area contributed by atoms with Crippen molar-refractivity contribution in [2.75, 3.05) is 7.05 Å². The van der Waals surface area contributed by atoms with E-state index in [1.54, 1.807) is 6.92 Å². The summed E-state index contributed by atoms with van der Waals surface area (Å²) in [5, 5.41) is 6.80. The maximum Gasteiger partial charge on any atom is 0.271 e. The van der Waals surface area contributed by atoms with Gasteiger partial charge in [0.25, 0.3) is 11.8 Å². The first-order chi connectivity index (χ1) is 9.97. The van der Waals surface area contributed by atoms with Crippen LogP contribution in [0.5, 0.6) is 0 Å². The van der Waals surface area contributed by atoms with Crippen LogP contribution in [-0.2, 0) is 0 Å². The van der Waals surface area contributed by atoms with Crippen molar-refractivity contribution in [3.63, 3.8) is 0 Å². The Bertz CT molecular complexity index is 676. The van der Waals surface area contributed by atoms with Gasteiger partial charge in [-0.25, -0.2) is 0 Å². The van der Waals surface area contributed by atoms with Gasteiger partial charge in [-0.2, -0.15) is 5.10 Å². The molecular weight excluding hydrogens is 268 g/mol. The van der Waals surface area contributed by atoms with Gasteiger partial charge in [0.05, 0.1) is 6.04 Å². The van der Waals surface area contributed by atoms with E-state index in [0.29, 0.717) is 5.56 Å². The van der Waals surface area contributed by atoms with Gasteiger partial charge in [0.1, 0.15) is 5.69 Å². The third-order valence-electron chi connectivity index (χ3n) is 3.47. The molecule has 0 saturated carbocycles. The molecule has 1 aromatic heterocycles. The standard InChI is InChI=1S/C15H18N4O2/c1-9-12(15(21)17-3)18-19(13(9)14(16)20)10(2)11-7-5-4-6-8-11/h4-8,10H,1-3H3,(H2,16,20)(H,17,21). The molecule has 6 nitrogen and oxygen atoms in total. The quantitative estimate of drug-likeness (QED) is 0.886. The Morgan fingerprint density at radius 1 is 1.29 bits per heavy atom. The maximum absolute atomic E-state index is 11.8. The van der Waals surface area contributed by atoms with Crippen molar-refractivity contribution < 1.29 is 9.59 Å². The van der Waals surface area contributed by atoms with Gasteiger partial charge in [-0.15, -0.1) is 0 Å². The Balaban J connectivity index is 2.57. The molecule has 110 valence electrons. The van der Waals surface area contributed by atoms with Gasteiger partial charge in [0.2, 0.25) is 0 Å². The summed E-state index contributed by atoms with van der Waals surface area (Å²) in [5.74, 6) is -0.938. The predicted molar refractivity (Wildman–Crippen MR) is 79.1 cm³/mol. The van der Waals surface area contributed by atoms with Crippen molar-refractivity contribution >= 4 is 11.8 Å². The van der Waals surface area contributed by atoms with Gasteiger partial charge < -0.3 is 11.1 Å². The topological polar surface area (TPSA) is 90.0 Å². The summed E-state index contributed by atoms with van der Waals surface area (Å²) in [6, 6.07) is 9.40. The molecule has 0 bridgehead atoms. The van der Waals surface area contributed by atoms with Gasteiger partial charge in [0.15, 0.2) is 5.69 Å². The summed E-state index contributed by atoms with van der Waals surface area (Å²) >= 11 is 0. The smallest absolute Gasteiger partial charge is 0.271 e. The summed E-state index contributed by atoms with van der Waals surface area (Å²) in [6.45, 7) is 3.58. The molecule has 0 fully saturated rings. The molecule has 2 aromatic rings. The molecule has 2 rings (SSSR count). The third kappa shape index (κ3) is 2.65. The molecule has 0 aliphatic rings. The van der Waals surface area contributed by atoms with Crippen molar-refractivity contribution in [1.82, 2.24) is 15.1 Å². The molecule has 3 N–H and O–H groups in total. The van der Waals surface area contributed by atoms with Gasteiger partial charge in [-0.3, -0.25) is 14.3 Å². The molecule has 2 amide bonds. The number of aromatic nitrogens is 2. The fourth-order valence-corrected chi connectivity index (χ4v) is 2.30. The minimum atomic E-state index is -0.599. The molecule has 0 aliphatic heterocycles. The van der Waals surface area contributed by atoms with Crippen LogP contribution in [0.15, 0.2) is 30.3 Å². The van der Waals surface area contributed by atoms with Crippen LogP contribution in [0.1, 0.15) is 45.1 Å². The number of carbonyl (C=O) groups is 2. The fraction of sp³-hybridized carbons (Fsp3) is 0.267. The molecule has 1 heterocycles. The minimum absolute atomic E-state index is 0.203. The minimum Gasteiger partial charge on any atom is -0.364 e. The highest BCUT2D eigenvalue weighted by Gasteiger charge is 2.25. The monoisotopic (exact) mass is 286 g/mol. The zero-order valence-electron chi connectivity index (χ0n) is 12.3. The van der Waals surface area contributed by atoms with Crippen LogP contribution in [0.4, 0.5) is 0 Å². The lowest BCUT2D eigenvalue weighted by atomic mass is 10.1. The second kappa shape index (κ2) is 5.78. The molecule has 0 spiro atoms. The van der Waals surface area contributed by atoms with Crippen LogP contribution in [-0.4, -0.2) is 28.6 Å². The Morgan fingerprint density at radius 3 is 2.43 bits per heavy atom. The average Bonchev–Trinajstić information content (AvgIpc) is 2.84. The number of amides is 2. The highest BCUT2D eigenvalue weighted by molar-refractivity contribution is 5.99. The first kappa shape index (κ1) is 14.8. The van der Waals surface area contributed by atoms with Crippen LogP contribution < -0.4 is 11.1 Å². The van der Waals surface area contributed by atoms with E-state index in [9.17, 15) is 9.59 Å². The molecule has 6 heteroatoms. The summed E-state index contributed by atoms with van der Waals surface area (Å²) in [6.07, 6.45) is 0. The zero-order chi connectivity index (χ0) is 15.6. The molecule has 1 atom stereocenters. The third-order valence-corrected chi connectivity index (χ3v) is 3.47. The van der Waals surface area contributed by atoms with E-state index < -0.39 is 5.91 Å². The summed E-state index contributed by atoms with van der Waals surface area (Å²) in [7, 11) is 1.52. The summed E-state index contributed by atoms with van der Waals surface area (Å²) in [4.78, 5) is 23.6. The second-order valence-electron chi connectivity index (χ2n) is 4.80. The van der Waals surface area contributed by atoms with Crippen LogP contribution in [0.3, 0.4) is 0 Å². The van der Waals surface area contributed by atoms with Crippen molar-refractivity contribution in [2.45, 2.75) is 19.9 Å². The maximum atomic E-state index is 11.8. The van der Waals surface area contributed by atoms with Crippen molar-refractivity contribution in [1.29, 1.82) is 0 Å². The van der Waals surface area contributed by atoms with Crippen LogP contribution >= 0.6 is 0 Å². The average molecular weight is 286 g/mol. The van der Waals surface area contributed by atoms with E-state index in [1.807, 2.05) is 37.3 Å². The molecule has 1 unspecified atom stereocenters. The zero-order valence-corrected chi connectivity index (χ0v) is 12.3. The predicted octanol–water partition coefficient (Wildman–Crippen LogP) is 1.26. The van der Waals surface area contributed by atoms with E-state index in [-0.39, 0.29) is 23.3 Å². The number of hydrogen-bond donors (Lipinski definition) is 2. The first-order valence-corrected chi connectivity index (χ1v) is 6.63. The molecular formula is C15H18N4O2. The number of benzene rings is 1. The fourth-order valence-electron chi connectivity index (χ4n) is 2.30. The highest BCUT2D eigenvalue weighted by atomic mass is 16.2. The first-order valence-electron chi connectivity index (χ1n) is 6.63. The highest BCUT2D eigenvalue weighted by Crippen LogP contribution is 2.22.